The molecule has 1 aliphatic rings. The maximum atomic E-state index is 12.1. The highest BCUT2D eigenvalue weighted by molar-refractivity contribution is 7.89. The van der Waals surface area contributed by atoms with Gasteiger partial charge in [-0.2, -0.15) is 12.7 Å². The first-order valence-corrected chi connectivity index (χ1v) is 11.5. The molecule has 0 radical (unpaired) electrons. The third-order valence-electron chi connectivity index (χ3n) is 4.50. The van der Waals surface area contributed by atoms with Crippen molar-refractivity contribution in [2.75, 3.05) is 13.1 Å². The van der Waals surface area contributed by atoms with Crippen LogP contribution >= 0.6 is 0 Å². The number of rotatable bonds is 3. The van der Waals surface area contributed by atoms with Crippen molar-refractivity contribution in [1.29, 1.82) is 0 Å². The normalized spacial score (nSPS) is 15.3. The third-order valence-corrected chi connectivity index (χ3v) is 7.26. The van der Waals surface area contributed by atoms with Crippen molar-refractivity contribution in [3.05, 3.63) is 59.2 Å². The lowest BCUT2D eigenvalue weighted by atomic mass is 10.1. The molecule has 0 aromatic heterocycles. The topological polar surface area (TPSA) is 91.8 Å². The smallest absolute Gasteiger partial charge is 0.282 e. The fourth-order valence-corrected chi connectivity index (χ4v) is 4.74. The summed E-state index contributed by atoms with van der Waals surface area (Å²) < 4.78 is 55.7. The second-order valence-corrected chi connectivity index (χ2v) is 10.0. The predicted molar refractivity (Wildman–Crippen MR) is 105 cm³/mol. The average Bonchev–Trinajstić information content (AvgIpc) is 3.13. The number of sulfonamides is 1. The van der Waals surface area contributed by atoms with Crippen LogP contribution in [0.15, 0.2) is 52.3 Å². The van der Waals surface area contributed by atoms with Crippen LogP contribution in [0.4, 0.5) is 0 Å². The molecule has 1 aliphatic heterocycles. The molecule has 148 valence electrons. The van der Waals surface area contributed by atoms with E-state index in [2.05, 4.69) is 0 Å². The van der Waals surface area contributed by atoms with Crippen LogP contribution in [-0.4, -0.2) is 38.8 Å². The first kappa shape index (κ1) is 21.6. The van der Waals surface area contributed by atoms with Gasteiger partial charge in [-0.05, 0) is 69.0 Å². The van der Waals surface area contributed by atoms with Crippen molar-refractivity contribution in [2.45, 2.75) is 43.4 Å². The van der Waals surface area contributed by atoms with E-state index in [1.54, 1.807) is 29.4 Å². The van der Waals surface area contributed by atoms with E-state index in [0.29, 0.717) is 18.0 Å². The van der Waals surface area contributed by atoms with Gasteiger partial charge in [-0.1, -0.05) is 23.8 Å². The number of aryl methyl sites for hydroxylation is 3. The monoisotopic (exact) mass is 411 g/mol. The Morgan fingerprint density at radius 2 is 1.30 bits per heavy atom. The van der Waals surface area contributed by atoms with Gasteiger partial charge in [0.1, 0.15) is 0 Å². The van der Waals surface area contributed by atoms with E-state index in [0.717, 1.165) is 29.5 Å². The van der Waals surface area contributed by atoms with E-state index in [9.17, 15) is 16.8 Å². The van der Waals surface area contributed by atoms with Gasteiger partial charge in [0, 0.05) is 13.1 Å². The van der Waals surface area contributed by atoms with Gasteiger partial charge in [-0.25, -0.2) is 8.42 Å². The molecule has 0 saturated carbocycles. The summed E-state index contributed by atoms with van der Waals surface area (Å²) in [4.78, 5) is 0.362. The summed E-state index contributed by atoms with van der Waals surface area (Å²) in [6.07, 6.45) is 1.95. The molecule has 0 bridgehead atoms. The van der Waals surface area contributed by atoms with Crippen molar-refractivity contribution in [2.24, 2.45) is 0 Å². The molecule has 2 aromatic carbocycles. The number of benzene rings is 2. The molecule has 2 aromatic rings. The number of hydrogen-bond donors (Lipinski definition) is 1. The van der Waals surface area contributed by atoms with Gasteiger partial charge in [0.15, 0.2) is 0 Å². The second-order valence-electron chi connectivity index (χ2n) is 6.65. The van der Waals surface area contributed by atoms with Gasteiger partial charge in [-0.3, -0.25) is 4.55 Å². The molecule has 8 heteroatoms. The fourth-order valence-electron chi connectivity index (χ4n) is 2.66. The molecular weight excluding hydrogens is 386 g/mol. The lowest BCUT2D eigenvalue weighted by Crippen LogP contribution is -2.27. The van der Waals surface area contributed by atoms with E-state index in [1.807, 2.05) is 26.0 Å². The summed E-state index contributed by atoms with van der Waals surface area (Å²) in [5, 5.41) is 0. The minimum absolute atomic E-state index is 0.0504. The summed E-state index contributed by atoms with van der Waals surface area (Å²) >= 11 is 0. The van der Waals surface area contributed by atoms with Crippen LogP contribution in [0.1, 0.15) is 29.5 Å². The SMILES string of the molecule is Cc1ccc(S(=O)(=O)N2CCCC2)cc1.Cc1ccc(S(=O)(=O)O)cc1C. The summed E-state index contributed by atoms with van der Waals surface area (Å²) in [5.41, 5.74) is 2.93. The zero-order chi connectivity index (χ0) is 20.2. The van der Waals surface area contributed by atoms with E-state index in [1.165, 1.54) is 12.1 Å². The van der Waals surface area contributed by atoms with E-state index < -0.39 is 20.1 Å². The highest BCUT2D eigenvalue weighted by Gasteiger charge is 2.26. The largest absolute Gasteiger partial charge is 0.294 e. The standard InChI is InChI=1S/C11H15NO2S.C8H10O3S/c1-10-4-6-11(7-5-10)15(13,14)12-8-2-3-9-12;1-6-3-4-8(5-7(6)2)12(9,10)11/h4-7H,2-3,8-9H2,1H3;3-5H,1-2H3,(H,9,10,11). The zero-order valence-electron chi connectivity index (χ0n) is 15.7. The lowest BCUT2D eigenvalue weighted by Gasteiger charge is -2.15. The van der Waals surface area contributed by atoms with Crippen LogP contribution in [0.25, 0.3) is 0 Å². The highest BCUT2D eigenvalue weighted by Crippen LogP contribution is 2.20. The maximum Gasteiger partial charge on any atom is 0.294 e. The minimum Gasteiger partial charge on any atom is -0.282 e. The fraction of sp³-hybridized carbons (Fsp3) is 0.368. The molecule has 0 spiro atoms. The zero-order valence-corrected chi connectivity index (χ0v) is 17.3. The van der Waals surface area contributed by atoms with Crippen LogP contribution in [0, 0.1) is 20.8 Å². The molecule has 0 amide bonds. The van der Waals surface area contributed by atoms with Gasteiger partial charge in [0.25, 0.3) is 10.1 Å². The van der Waals surface area contributed by atoms with Gasteiger partial charge < -0.3 is 0 Å². The second kappa shape index (κ2) is 8.52. The quantitative estimate of drug-likeness (QED) is 0.782. The van der Waals surface area contributed by atoms with Gasteiger partial charge in [-0.15, -0.1) is 0 Å². The van der Waals surface area contributed by atoms with Crippen LogP contribution in [0.5, 0.6) is 0 Å². The highest BCUT2D eigenvalue weighted by atomic mass is 32.2. The van der Waals surface area contributed by atoms with Gasteiger partial charge in [0.05, 0.1) is 9.79 Å². The molecule has 3 rings (SSSR count). The minimum atomic E-state index is -4.04. The lowest BCUT2D eigenvalue weighted by molar-refractivity contribution is 0.477. The first-order chi connectivity index (χ1) is 12.5. The summed E-state index contributed by atoms with van der Waals surface area (Å²) in [7, 11) is -7.26. The Balaban J connectivity index is 0.000000199. The summed E-state index contributed by atoms with van der Waals surface area (Å²) in [6, 6.07) is 11.5. The van der Waals surface area contributed by atoms with Gasteiger partial charge in [0.2, 0.25) is 10.0 Å². The predicted octanol–water partition coefficient (Wildman–Crippen LogP) is 3.33. The summed E-state index contributed by atoms with van der Waals surface area (Å²) in [6.45, 7) is 6.95. The molecule has 1 saturated heterocycles. The first-order valence-electron chi connectivity index (χ1n) is 8.63. The Kier molecular flexibility index (Phi) is 6.80. The van der Waals surface area contributed by atoms with Crippen LogP contribution in [0.2, 0.25) is 0 Å². The van der Waals surface area contributed by atoms with E-state index in [4.69, 9.17) is 4.55 Å². The number of nitrogens with zero attached hydrogens (tertiary/aromatic N) is 1. The van der Waals surface area contributed by atoms with Crippen molar-refractivity contribution < 1.29 is 21.4 Å². The number of hydrogen-bond acceptors (Lipinski definition) is 4. The Morgan fingerprint density at radius 1 is 0.778 bits per heavy atom. The van der Waals surface area contributed by atoms with Crippen molar-refractivity contribution in [3.63, 3.8) is 0 Å². The third kappa shape index (κ3) is 5.62. The molecule has 0 unspecified atom stereocenters. The Hall–Kier alpha value is -1.74. The van der Waals surface area contributed by atoms with Crippen LogP contribution < -0.4 is 0 Å². The molecule has 1 fully saturated rings. The van der Waals surface area contributed by atoms with Crippen molar-refractivity contribution in [1.82, 2.24) is 4.31 Å². The molecule has 1 N–H and O–H groups in total. The van der Waals surface area contributed by atoms with Crippen LogP contribution in [-0.2, 0) is 20.1 Å². The van der Waals surface area contributed by atoms with E-state index >= 15 is 0 Å². The Bertz CT molecular complexity index is 991. The molecular formula is C19H25NO5S2. The van der Waals surface area contributed by atoms with Crippen molar-refractivity contribution in [3.8, 4) is 0 Å². The van der Waals surface area contributed by atoms with Gasteiger partial charge >= 0.3 is 0 Å². The van der Waals surface area contributed by atoms with E-state index in [-0.39, 0.29) is 4.90 Å². The molecule has 27 heavy (non-hydrogen) atoms. The molecule has 1 heterocycles. The molecule has 6 nitrogen and oxygen atoms in total. The average molecular weight is 412 g/mol. The Labute approximate surface area is 161 Å². The Morgan fingerprint density at radius 3 is 1.78 bits per heavy atom. The summed E-state index contributed by atoms with van der Waals surface area (Å²) in [5.74, 6) is 0. The van der Waals surface area contributed by atoms with Crippen molar-refractivity contribution >= 4 is 20.1 Å². The van der Waals surface area contributed by atoms with Crippen LogP contribution in [0.3, 0.4) is 0 Å². The maximum absolute atomic E-state index is 12.1. The molecule has 0 aliphatic carbocycles. The molecule has 0 atom stereocenters.